The van der Waals surface area contributed by atoms with Crippen LogP contribution >= 0.6 is 0 Å². The van der Waals surface area contributed by atoms with Crippen LogP contribution in [0.5, 0.6) is 0 Å². The maximum atomic E-state index is 12.7. The molecule has 9 heteroatoms. The van der Waals surface area contributed by atoms with Crippen LogP contribution in [-0.4, -0.2) is 53.2 Å². The molecule has 1 N–H and O–H groups in total. The average Bonchev–Trinajstić information content (AvgIpc) is 3.29. The van der Waals surface area contributed by atoms with Crippen LogP contribution in [0.2, 0.25) is 0 Å². The van der Waals surface area contributed by atoms with Crippen molar-refractivity contribution in [3.05, 3.63) is 34.5 Å². The van der Waals surface area contributed by atoms with E-state index in [-0.39, 0.29) is 12.5 Å². The van der Waals surface area contributed by atoms with E-state index < -0.39 is 5.97 Å². The zero-order valence-corrected chi connectivity index (χ0v) is 17.0. The number of aryl methyl sites for hydroxylation is 3. The summed E-state index contributed by atoms with van der Waals surface area (Å²) in [4.78, 5) is 24.8. The van der Waals surface area contributed by atoms with Gasteiger partial charge in [0.2, 0.25) is 0 Å². The molecule has 158 valence electrons. The third-order valence-electron chi connectivity index (χ3n) is 4.86. The number of hydrogen-bond acceptors (Lipinski definition) is 7. The summed E-state index contributed by atoms with van der Waals surface area (Å²) in [5, 5.41) is 11.3. The molecule has 2 aromatic rings. The van der Waals surface area contributed by atoms with Gasteiger partial charge in [-0.15, -0.1) is 0 Å². The molecule has 1 amide bonds. The minimum absolute atomic E-state index is 0.0700. The van der Waals surface area contributed by atoms with Crippen LogP contribution in [0, 0.1) is 6.92 Å². The zero-order chi connectivity index (χ0) is 20.6. The maximum absolute atomic E-state index is 12.7. The lowest BCUT2D eigenvalue weighted by molar-refractivity contribution is 0.0493. The first-order valence-electron chi connectivity index (χ1n) is 10.1. The summed E-state index contributed by atoms with van der Waals surface area (Å²) in [6.07, 6.45) is 4.91. The van der Waals surface area contributed by atoms with Crippen LogP contribution in [0.25, 0.3) is 0 Å². The lowest BCUT2D eigenvalue weighted by Gasteiger charge is -2.10. The Morgan fingerprint density at radius 3 is 2.93 bits per heavy atom. The van der Waals surface area contributed by atoms with Crippen molar-refractivity contribution in [2.24, 2.45) is 0 Å². The SMILES string of the molecule is CCc1nn(CCCOC(=O)c2conc2C)c2c1C(=O)NCCCOCCC2. The molecule has 0 radical (unpaired) electrons. The van der Waals surface area contributed by atoms with Crippen molar-refractivity contribution in [3.63, 3.8) is 0 Å². The Morgan fingerprint density at radius 2 is 2.17 bits per heavy atom. The van der Waals surface area contributed by atoms with Crippen LogP contribution in [0.1, 0.15) is 64.0 Å². The zero-order valence-electron chi connectivity index (χ0n) is 17.0. The van der Waals surface area contributed by atoms with Gasteiger partial charge in [0.1, 0.15) is 11.8 Å². The first-order valence-corrected chi connectivity index (χ1v) is 10.1. The van der Waals surface area contributed by atoms with Crippen molar-refractivity contribution in [1.29, 1.82) is 0 Å². The van der Waals surface area contributed by atoms with E-state index in [1.165, 1.54) is 6.26 Å². The molecule has 0 aliphatic carbocycles. The summed E-state index contributed by atoms with van der Waals surface area (Å²) < 4.78 is 17.6. The molecule has 0 spiro atoms. The molecule has 29 heavy (non-hydrogen) atoms. The molecule has 0 bridgehead atoms. The summed E-state index contributed by atoms with van der Waals surface area (Å²) in [6, 6.07) is 0. The van der Waals surface area contributed by atoms with Crippen molar-refractivity contribution in [2.45, 2.75) is 52.5 Å². The van der Waals surface area contributed by atoms with E-state index in [1.54, 1.807) is 6.92 Å². The smallest absolute Gasteiger partial charge is 0.343 e. The van der Waals surface area contributed by atoms with E-state index in [1.807, 2.05) is 11.6 Å². The van der Waals surface area contributed by atoms with Gasteiger partial charge in [0.15, 0.2) is 0 Å². The largest absolute Gasteiger partial charge is 0.462 e. The Kier molecular flexibility index (Phi) is 7.40. The Labute approximate surface area is 169 Å². The minimum Gasteiger partial charge on any atom is -0.462 e. The van der Waals surface area contributed by atoms with Gasteiger partial charge in [-0.2, -0.15) is 5.10 Å². The summed E-state index contributed by atoms with van der Waals surface area (Å²) in [6.45, 7) is 6.40. The summed E-state index contributed by atoms with van der Waals surface area (Å²) >= 11 is 0. The number of amides is 1. The fraction of sp³-hybridized carbons (Fsp3) is 0.600. The van der Waals surface area contributed by atoms with Gasteiger partial charge in [-0.25, -0.2) is 4.79 Å². The summed E-state index contributed by atoms with van der Waals surface area (Å²) in [5.41, 5.74) is 3.25. The predicted molar refractivity (Wildman–Crippen MR) is 104 cm³/mol. The average molecular weight is 404 g/mol. The number of nitrogens with zero attached hydrogens (tertiary/aromatic N) is 3. The number of nitrogens with one attached hydrogen (secondary N) is 1. The van der Waals surface area contributed by atoms with Crippen molar-refractivity contribution in [2.75, 3.05) is 26.4 Å². The van der Waals surface area contributed by atoms with Crippen LogP contribution in [-0.2, 0) is 28.9 Å². The predicted octanol–water partition coefficient (Wildman–Crippen LogP) is 2.07. The number of ether oxygens (including phenoxy) is 2. The molecule has 3 rings (SSSR count). The van der Waals surface area contributed by atoms with Crippen LogP contribution < -0.4 is 5.32 Å². The van der Waals surface area contributed by atoms with Gasteiger partial charge in [-0.3, -0.25) is 9.48 Å². The molecule has 0 atom stereocenters. The fourth-order valence-electron chi connectivity index (χ4n) is 3.35. The molecule has 0 saturated heterocycles. The van der Waals surface area contributed by atoms with Crippen molar-refractivity contribution < 1.29 is 23.6 Å². The van der Waals surface area contributed by atoms with E-state index in [9.17, 15) is 9.59 Å². The Balaban J connectivity index is 1.66. The molecule has 0 saturated carbocycles. The number of carbonyl (C=O) groups is 2. The monoisotopic (exact) mass is 404 g/mol. The van der Waals surface area contributed by atoms with Crippen LogP contribution in [0.3, 0.4) is 0 Å². The van der Waals surface area contributed by atoms with E-state index in [0.717, 1.165) is 30.7 Å². The van der Waals surface area contributed by atoms with Gasteiger partial charge >= 0.3 is 5.97 Å². The van der Waals surface area contributed by atoms with Crippen LogP contribution in [0.4, 0.5) is 0 Å². The number of hydrogen-bond donors (Lipinski definition) is 1. The molecule has 0 aromatic carbocycles. The first kappa shape index (κ1) is 21.0. The van der Waals surface area contributed by atoms with Crippen molar-refractivity contribution in [3.8, 4) is 0 Å². The summed E-state index contributed by atoms with van der Waals surface area (Å²) in [5.74, 6) is -0.520. The Hall–Kier alpha value is -2.68. The molecule has 0 fully saturated rings. The number of aromatic nitrogens is 3. The highest BCUT2D eigenvalue weighted by molar-refractivity contribution is 5.96. The molecular formula is C20H28N4O5. The quantitative estimate of drug-likeness (QED) is 0.580. The standard InChI is InChI=1S/C20H28N4O5/c1-3-16-18-17(7-4-10-27-11-5-8-21-19(18)25)24(22-16)9-6-12-28-20(26)15-13-29-23-14(15)2/h13H,3-12H2,1-2H3,(H,21,25). The van der Waals surface area contributed by atoms with Gasteiger partial charge in [0.05, 0.1) is 29.3 Å². The molecule has 0 unspecified atom stereocenters. The van der Waals surface area contributed by atoms with E-state index >= 15 is 0 Å². The third kappa shape index (κ3) is 5.23. The first-order chi connectivity index (χ1) is 14.1. The fourth-order valence-corrected chi connectivity index (χ4v) is 3.35. The summed E-state index contributed by atoms with van der Waals surface area (Å²) in [7, 11) is 0. The molecule has 1 aliphatic rings. The van der Waals surface area contributed by atoms with Crippen LogP contribution in [0.15, 0.2) is 10.8 Å². The molecule has 1 aliphatic heterocycles. The highest BCUT2D eigenvalue weighted by atomic mass is 16.5. The number of fused-ring (bicyclic) bond motifs is 1. The highest BCUT2D eigenvalue weighted by Crippen LogP contribution is 2.19. The van der Waals surface area contributed by atoms with E-state index in [4.69, 9.17) is 14.0 Å². The number of rotatable bonds is 6. The van der Waals surface area contributed by atoms with Crippen molar-refractivity contribution >= 4 is 11.9 Å². The normalized spacial score (nSPS) is 15.3. The topological polar surface area (TPSA) is 108 Å². The third-order valence-corrected chi connectivity index (χ3v) is 4.86. The van der Waals surface area contributed by atoms with Gasteiger partial charge in [0, 0.05) is 32.7 Å². The highest BCUT2D eigenvalue weighted by Gasteiger charge is 2.23. The van der Waals surface area contributed by atoms with Gasteiger partial charge in [0.25, 0.3) is 5.91 Å². The number of carbonyl (C=O) groups excluding carboxylic acids is 2. The molecule has 3 heterocycles. The van der Waals surface area contributed by atoms with Crippen molar-refractivity contribution in [1.82, 2.24) is 20.3 Å². The second-order valence-electron chi connectivity index (χ2n) is 6.97. The molecular weight excluding hydrogens is 376 g/mol. The Bertz CT molecular complexity index is 842. The van der Waals surface area contributed by atoms with E-state index in [0.29, 0.717) is 56.0 Å². The number of esters is 1. The lowest BCUT2D eigenvalue weighted by atomic mass is 10.1. The molecule has 9 nitrogen and oxygen atoms in total. The van der Waals surface area contributed by atoms with Gasteiger partial charge in [-0.05, 0) is 32.6 Å². The van der Waals surface area contributed by atoms with E-state index in [2.05, 4.69) is 15.6 Å². The molecule has 2 aromatic heterocycles. The minimum atomic E-state index is -0.450. The van der Waals surface area contributed by atoms with Gasteiger partial charge < -0.3 is 19.3 Å². The second-order valence-corrected chi connectivity index (χ2v) is 6.97. The maximum Gasteiger partial charge on any atom is 0.343 e. The second kappa shape index (κ2) is 10.2. The van der Waals surface area contributed by atoms with Gasteiger partial charge in [-0.1, -0.05) is 12.1 Å². The Morgan fingerprint density at radius 1 is 1.34 bits per heavy atom. The lowest BCUT2D eigenvalue weighted by Crippen LogP contribution is -2.26.